The fraction of sp³-hybridized carbons (Fsp3) is 0.182. The molecule has 1 amide bonds. The van der Waals surface area contributed by atoms with Gasteiger partial charge < -0.3 is 19.0 Å². The van der Waals surface area contributed by atoms with Crippen LogP contribution in [0.5, 0.6) is 0 Å². The normalized spacial score (nSPS) is 12.5. The first-order valence-electron chi connectivity index (χ1n) is 9.78. The van der Waals surface area contributed by atoms with E-state index >= 15 is 0 Å². The van der Waals surface area contributed by atoms with E-state index in [4.69, 9.17) is 9.15 Å². The number of benzene rings is 2. The lowest BCUT2D eigenvalue weighted by atomic mass is 10.1. The van der Waals surface area contributed by atoms with Gasteiger partial charge in [0.25, 0.3) is 5.91 Å². The molecule has 1 N–H and O–H groups in total. The summed E-state index contributed by atoms with van der Waals surface area (Å²) in [5, 5.41) is 5.99. The highest BCUT2D eigenvalue weighted by molar-refractivity contribution is 5.95. The van der Waals surface area contributed by atoms with Crippen LogP contribution >= 0.6 is 0 Å². The average Bonchev–Trinajstić information content (AvgIpc) is 3.51. The van der Waals surface area contributed by atoms with Crippen LogP contribution in [0, 0.1) is 5.82 Å². The number of carbonyl (C=O) groups is 1. The van der Waals surface area contributed by atoms with Gasteiger partial charge in [0, 0.05) is 30.3 Å². The number of hydrogen-bond acceptors (Lipinski definition) is 7. The van der Waals surface area contributed by atoms with E-state index in [2.05, 4.69) is 25.0 Å². The van der Waals surface area contributed by atoms with Gasteiger partial charge in [-0.15, -0.1) is 0 Å². The van der Waals surface area contributed by atoms with Crippen molar-refractivity contribution in [1.29, 1.82) is 0 Å². The summed E-state index contributed by atoms with van der Waals surface area (Å²) in [7, 11) is 1.43. The molecule has 8 nitrogen and oxygen atoms in total. The Balaban J connectivity index is 1.43. The molecule has 4 rings (SSSR count). The van der Waals surface area contributed by atoms with Gasteiger partial charge in [-0.3, -0.25) is 4.79 Å². The molecule has 2 aromatic carbocycles. The molecule has 4 aromatic rings. The number of nitrogens with one attached hydrogen (secondary N) is 1. The number of rotatable bonds is 7. The number of methoxy groups -OCH3 is 1. The van der Waals surface area contributed by atoms with Crippen LogP contribution in [0.3, 0.4) is 0 Å². The van der Waals surface area contributed by atoms with Crippen LogP contribution in [0.25, 0.3) is 22.8 Å². The SMILES string of the molecule is COC(CNC(=O)c1cccc(-c2noc(C(F)(F)F)n2)c1)c1coc(-c2ccc(F)cc2)n1. The molecule has 34 heavy (non-hydrogen) atoms. The molecular formula is C22H16F4N4O4. The van der Waals surface area contributed by atoms with E-state index in [1.165, 1.54) is 61.9 Å². The number of aromatic nitrogens is 3. The standard InChI is InChI=1S/C22H16F4N4O4/c1-32-17(16-11-33-20(28-16)12-5-7-15(23)8-6-12)10-27-19(31)14-4-2-3-13(9-14)18-29-21(34-30-18)22(24,25)26/h2-9,11,17H,10H2,1H3,(H,27,31). The minimum Gasteiger partial charge on any atom is -0.444 e. The van der Waals surface area contributed by atoms with Crippen LogP contribution in [-0.2, 0) is 10.9 Å². The van der Waals surface area contributed by atoms with Crippen LogP contribution in [-0.4, -0.2) is 34.7 Å². The Morgan fingerprint density at radius 1 is 1.12 bits per heavy atom. The highest BCUT2D eigenvalue weighted by atomic mass is 19.4. The second kappa shape index (κ2) is 9.43. The van der Waals surface area contributed by atoms with Gasteiger partial charge in [-0.25, -0.2) is 9.37 Å². The molecule has 0 saturated carbocycles. The van der Waals surface area contributed by atoms with Gasteiger partial charge in [0.2, 0.25) is 11.7 Å². The second-order valence-corrected chi connectivity index (χ2v) is 7.02. The first-order valence-corrected chi connectivity index (χ1v) is 9.78. The fourth-order valence-corrected chi connectivity index (χ4v) is 3.01. The lowest BCUT2D eigenvalue weighted by Gasteiger charge is -2.13. The van der Waals surface area contributed by atoms with Crippen molar-refractivity contribution in [1.82, 2.24) is 20.4 Å². The lowest BCUT2D eigenvalue weighted by Crippen LogP contribution is -2.29. The molecule has 0 aliphatic heterocycles. The molecule has 0 fully saturated rings. The van der Waals surface area contributed by atoms with Crippen LogP contribution in [0.4, 0.5) is 17.6 Å². The van der Waals surface area contributed by atoms with Crippen LogP contribution in [0.2, 0.25) is 0 Å². The molecule has 0 aliphatic carbocycles. The van der Waals surface area contributed by atoms with Gasteiger partial charge in [0.15, 0.2) is 0 Å². The minimum absolute atomic E-state index is 0.0232. The molecule has 1 unspecified atom stereocenters. The van der Waals surface area contributed by atoms with Gasteiger partial charge in [0.05, 0.1) is 0 Å². The molecular weight excluding hydrogens is 460 g/mol. The highest BCUT2D eigenvalue weighted by Gasteiger charge is 2.38. The second-order valence-electron chi connectivity index (χ2n) is 7.02. The van der Waals surface area contributed by atoms with Crippen molar-refractivity contribution in [2.24, 2.45) is 0 Å². The largest absolute Gasteiger partial charge is 0.471 e. The zero-order valence-electron chi connectivity index (χ0n) is 17.5. The Morgan fingerprint density at radius 3 is 2.56 bits per heavy atom. The van der Waals surface area contributed by atoms with Crippen molar-refractivity contribution in [2.45, 2.75) is 12.3 Å². The van der Waals surface area contributed by atoms with E-state index in [-0.39, 0.29) is 29.4 Å². The first-order chi connectivity index (χ1) is 16.2. The maximum absolute atomic E-state index is 13.1. The van der Waals surface area contributed by atoms with Crippen molar-refractivity contribution in [3.63, 3.8) is 0 Å². The molecule has 1 atom stereocenters. The number of ether oxygens (including phenoxy) is 1. The molecule has 0 spiro atoms. The molecule has 0 radical (unpaired) electrons. The average molecular weight is 476 g/mol. The van der Waals surface area contributed by atoms with E-state index in [0.717, 1.165) is 0 Å². The third kappa shape index (κ3) is 5.12. The summed E-state index contributed by atoms with van der Waals surface area (Å²) in [5.74, 6) is -2.42. The van der Waals surface area contributed by atoms with Crippen LogP contribution in [0.15, 0.2) is 63.7 Å². The molecule has 0 bridgehead atoms. The summed E-state index contributed by atoms with van der Waals surface area (Å²) in [4.78, 5) is 20.3. The quantitative estimate of drug-likeness (QED) is 0.387. The number of halogens is 4. The molecule has 176 valence electrons. The summed E-state index contributed by atoms with van der Waals surface area (Å²) >= 11 is 0. The van der Waals surface area contributed by atoms with Gasteiger partial charge in [-0.2, -0.15) is 18.2 Å². The maximum Gasteiger partial charge on any atom is 0.471 e. The number of alkyl halides is 3. The molecule has 0 saturated heterocycles. The van der Waals surface area contributed by atoms with Crippen molar-refractivity contribution in [3.05, 3.63) is 77.8 Å². The summed E-state index contributed by atoms with van der Waals surface area (Å²) in [6.45, 7) is 0.0232. The maximum atomic E-state index is 13.1. The van der Waals surface area contributed by atoms with Crippen molar-refractivity contribution < 1.29 is 36.0 Å². The number of oxazole rings is 1. The lowest BCUT2D eigenvalue weighted by molar-refractivity contribution is -0.159. The molecule has 12 heteroatoms. The highest BCUT2D eigenvalue weighted by Crippen LogP contribution is 2.29. The van der Waals surface area contributed by atoms with Crippen molar-refractivity contribution >= 4 is 5.91 Å². The van der Waals surface area contributed by atoms with Crippen LogP contribution < -0.4 is 5.32 Å². The zero-order chi connectivity index (χ0) is 24.3. The van der Waals surface area contributed by atoms with E-state index in [1.807, 2.05) is 0 Å². The van der Waals surface area contributed by atoms with Crippen molar-refractivity contribution in [3.8, 4) is 22.8 Å². The third-order valence-electron chi connectivity index (χ3n) is 4.73. The Bertz CT molecular complexity index is 1280. The van der Waals surface area contributed by atoms with E-state index in [1.54, 1.807) is 0 Å². The van der Waals surface area contributed by atoms with Gasteiger partial charge >= 0.3 is 12.1 Å². The van der Waals surface area contributed by atoms with Gasteiger partial charge in [-0.05, 0) is 36.4 Å². The smallest absolute Gasteiger partial charge is 0.444 e. The van der Waals surface area contributed by atoms with Gasteiger partial charge in [-0.1, -0.05) is 17.3 Å². The molecule has 2 heterocycles. The Kier molecular flexibility index (Phi) is 6.41. The summed E-state index contributed by atoms with van der Waals surface area (Å²) < 4.78 is 66.2. The Morgan fingerprint density at radius 2 is 1.88 bits per heavy atom. The number of carbonyl (C=O) groups excluding carboxylic acids is 1. The van der Waals surface area contributed by atoms with E-state index in [0.29, 0.717) is 11.3 Å². The predicted molar refractivity (Wildman–Crippen MR) is 109 cm³/mol. The first kappa shape index (κ1) is 23.1. The summed E-state index contributed by atoms with van der Waals surface area (Å²) in [6.07, 6.45) is -4.06. The minimum atomic E-state index is -4.77. The number of hydrogen-bond donors (Lipinski definition) is 1. The van der Waals surface area contributed by atoms with Crippen LogP contribution in [0.1, 0.15) is 28.0 Å². The monoisotopic (exact) mass is 476 g/mol. The Labute approximate surface area is 189 Å². The predicted octanol–water partition coefficient (Wildman–Crippen LogP) is 4.67. The molecule has 0 aliphatic rings. The van der Waals surface area contributed by atoms with E-state index in [9.17, 15) is 22.4 Å². The topological polar surface area (TPSA) is 103 Å². The molecule has 2 aromatic heterocycles. The van der Waals surface area contributed by atoms with Crippen molar-refractivity contribution in [2.75, 3.05) is 13.7 Å². The third-order valence-corrected chi connectivity index (χ3v) is 4.73. The van der Waals surface area contributed by atoms with Gasteiger partial charge in [0.1, 0.15) is 23.9 Å². The fourth-order valence-electron chi connectivity index (χ4n) is 3.01. The number of amides is 1. The number of nitrogens with zero attached hydrogens (tertiary/aromatic N) is 3. The summed E-state index contributed by atoms with van der Waals surface area (Å²) in [6, 6.07) is 11.3. The van der Waals surface area contributed by atoms with E-state index < -0.39 is 29.9 Å². The zero-order valence-corrected chi connectivity index (χ0v) is 17.5. The Hall–Kier alpha value is -4.06. The summed E-state index contributed by atoms with van der Waals surface area (Å²) in [5.41, 5.74) is 1.31.